The van der Waals surface area contributed by atoms with Gasteiger partial charge < -0.3 is 9.64 Å². The van der Waals surface area contributed by atoms with Gasteiger partial charge in [0.1, 0.15) is 5.75 Å². The summed E-state index contributed by atoms with van der Waals surface area (Å²) in [5, 5.41) is -0.470. The third-order valence-corrected chi connectivity index (χ3v) is 2.97. The summed E-state index contributed by atoms with van der Waals surface area (Å²) in [4.78, 5) is 12.5. The van der Waals surface area contributed by atoms with E-state index in [1.54, 1.807) is 14.2 Å². The zero-order valence-electron chi connectivity index (χ0n) is 10.7. The number of nitrogens with zero attached hydrogens (tertiary/aromatic N) is 1. The van der Waals surface area contributed by atoms with Gasteiger partial charge in [-0.25, -0.2) is 0 Å². The molecule has 0 aliphatic rings. The molecule has 94 valence electrons. The van der Waals surface area contributed by atoms with Crippen LogP contribution in [0.25, 0.3) is 0 Å². The fourth-order valence-electron chi connectivity index (χ4n) is 1.60. The Morgan fingerprint density at radius 1 is 1.47 bits per heavy atom. The van der Waals surface area contributed by atoms with E-state index in [1.165, 1.54) is 10.5 Å². The molecule has 0 aliphatic carbocycles. The maximum absolute atomic E-state index is 11.0. The van der Waals surface area contributed by atoms with Gasteiger partial charge in [0.2, 0.25) is 0 Å². The first-order valence-electron chi connectivity index (χ1n) is 5.53. The Hall–Kier alpha value is -1.22. The van der Waals surface area contributed by atoms with E-state index in [4.69, 9.17) is 16.3 Å². The number of amides is 1. The second-order valence-corrected chi connectivity index (χ2v) is 4.66. The SMILES string of the molecule is COc1ccc(C(C)C)cc1CN(C)C(=O)Cl. The predicted molar refractivity (Wildman–Crippen MR) is 69.8 cm³/mol. The number of ether oxygens (including phenoxy) is 1. The highest BCUT2D eigenvalue weighted by Crippen LogP contribution is 2.25. The highest BCUT2D eigenvalue weighted by atomic mass is 35.5. The van der Waals surface area contributed by atoms with Crippen LogP contribution in [0.15, 0.2) is 18.2 Å². The Balaban J connectivity index is 3.01. The van der Waals surface area contributed by atoms with Crippen molar-refractivity contribution in [2.75, 3.05) is 14.2 Å². The van der Waals surface area contributed by atoms with E-state index in [0.717, 1.165) is 11.3 Å². The average Bonchev–Trinajstić information content (AvgIpc) is 2.28. The highest BCUT2D eigenvalue weighted by molar-refractivity contribution is 6.62. The average molecular weight is 256 g/mol. The predicted octanol–water partition coefficient (Wildman–Crippen LogP) is 3.61. The van der Waals surface area contributed by atoms with Gasteiger partial charge in [0.15, 0.2) is 0 Å². The monoisotopic (exact) mass is 255 g/mol. The van der Waals surface area contributed by atoms with Gasteiger partial charge in [0.25, 0.3) is 0 Å². The molecule has 0 heterocycles. The standard InChI is InChI=1S/C13H18ClNO2/c1-9(2)10-5-6-12(17-4)11(7-10)8-15(3)13(14)16/h5-7,9H,8H2,1-4H3. The minimum atomic E-state index is -0.470. The van der Waals surface area contributed by atoms with Crippen molar-refractivity contribution in [2.45, 2.75) is 26.3 Å². The summed E-state index contributed by atoms with van der Waals surface area (Å²) in [6.45, 7) is 4.70. The van der Waals surface area contributed by atoms with Crippen LogP contribution < -0.4 is 4.74 Å². The molecule has 0 aliphatic heterocycles. The quantitative estimate of drug-likeness (QED) is 0.608. The molecule has 0 saturated heterocycles. The van der Waals surface area contributed by atoms with Crippen molar-refractivity contribution in [1.82, 2.24) is 4.90 Å². The van der Waals surface area contributed by atoms with Gasteiger partial charge in [0, 0.05) is 12.6 Å². The van der Waals surface area contributed by atoms with Gasteiger partial charge in [-0.3, -0.25) is 4.79 Å². The van der Waals surface area contributed by atoms with Gasteiger partial charge in [-0.1, -0.05) is 26.0 Å². The number of methoxy groups -OCH3 is 1. The minimum absolute atomic E-state index is 0.441. The first kappa shape index (κ1) is 13.8. The lowest BCUT2D eigenvalue weighted by Gasteiger charge is -2.17. The molecule has 0 atom stereocenters. The molecule has 0 spiro atoms. The topological polar surface area (TPSA) is 29.5 Å². The molecule has 1 aromatic carbocycles. The first-order valence-corrected chi connectivity index (χ1v) is 5.91. The summed E-state index contributed by atoms with van der Waals surface area (Å²) in [5.74, 6) is 1.22. The smallest absolute Gasteiger partial charge is 0.316 e. The lowest BCUT2D eigenvalue weighted by Crippen LogP contribution is -2.20. The third-order valence-electron chi connectivity index (χ3n) is 2.68. The van der Waals surface area contributed by atoms with Crippen LogP contribution in [-0.2, 0) is 6.54 Å². The molecule has 17 heavy (non-hydrogen) atoms. The number of hydrogen-bond acceptors (Lipinski definition) is 2. The molecule has 0 bridgehead atoms. The molecule has 1 amide bonds. The number of halogens is 1. The Morgan fingerprint density at radius 3 is 2.59 bits per heavy atom. The molecular weight excluding hydrogens is 238 g/mol. The molecular formula is C13H18ClNO2. The van der Waals surface area contributed by atoms with Crippen LogP contribution in [0.1, 0.15) is 30.9 Å². The molecule has 0 saturated carbocycles. The molecule has 3 nitrogen and oxygen atoms in total. The Labute approximate surface area is 107 Å². The van der Waals surface area contributed by atoms with E-state index >= 15 is 0 Å². The van der Waals surface area contributed by atoms with Gasteiger partial charge >= 0.3 is 5.37 Å². The summed E-state index contributed by atoms with van der Waals surface area (Å²) >= 11 is 5.42. The normalized spacial score (nSPS) is 10.5. The van der Waals surface area contributed by atoms with Crippen molar-refractivity contribution in [3.63, 3.8) is 0 Å². The zero-order chi connectivity index (χ0) is 13.0. The summed E-state index contributed by atoms with van der Waals surface area (Å²) in [5.41, 5.74) is 2.19. The number of carbonyl (C=O) groups is 1. The van der Waals surface area contributed by atoms with Crippen LogP contribution in [0.3, 0.4) is 0 Å². The second kappa shape index (κ2) is 5.92. The Morgan fingerprint density at radius 2 is 2.12 bits per heavy atom. The summed E-state index contributed by atoms with van der Waals surface area (Å²) in [6, 6.07) is 6.02. The number of carbonyl (C=O) groups excluding carboxylic acids is 1. The summed E-state index contributed by atoms with van der Waals surface area (Å²) in [6.07, 6.45) is 0. The number of rotatable bonds is 4. The molecule has 0 unspecified atom stereocenters. The van der Waals surface area contributed by atoms with Crippen LogP contribution in [0.2, 0.25) is 0 Å². The summed E-state index contributed by atoms with van der Waals surface area (Å²) in [7, 11) is 3.28. The second-order valence-electron chi connectivity index (χ2n) is 4.34. The lowest BCUT2D eigenvalue weighted by molar-refractivity contribution is 0.230. The minimum Gasteiger partial charge on any atom is -0.496 e. The largest absolute Gasteiger partial charge is 0.496 e. The Kier molecular flexibility index (Phi) is 4.82. The molecule has 0 N–H and O–H groups in total. The maximum atomic E-state index is 11.0. The van der Waals surface area contributed by atoms with Crippen molar-refractivity contribution < 1.29 is 9.53 Å². The molecule has 0 radical (unpaired) electrons. The van der Waals surface area contributed by atoms with E-state index in [-0.39, 0.29) is 0 Å². The number of benzene rings is 1. The fraction of sp³-hybridized carbons (Fsp3) is 0.462. The molecule has 0 fully saturated rings. The van der Waals surface area contributed by atoms with Gasteiger partial charge in [-0.2, -0.15) is 0 Å². The van der Waals surface area contributed by atoms with Crippen molar-refractivity contribution >= 4 is 17.0 Å². The molecule has 1 rings (SSSR count). The highest BCUT2D eigenvalue weighted by Gasteiger charge is 2.11. The van der Waals surface area contributed by atoms with Gasteiger partial charge in [-0.05, 0) is 29.1 Å². The van der Waals surface area contributed by atoms with Crippen molar-refractivity contribution in [2.24, 2.45) is 0 Å². The van der Waals surface area contributed by atoms with E-state index in [2.05, 4.69) is 19.9 Å². The van der Waals surface area contributed by atoms with Crippen LogP contribution in [0.4, 0.5) is 4.79 Å². The van der Waals surface area contributed by atoms with Gasteiger partial charge in [0.05, 0.1) is 13.7 Å². The van der Waals surface area contributed by atoms with Crippen LogP contribution >= 0.6 is 11.6 Å². The van der Waals surface area contributed by atoms with Crippen molar-refractivity contribution in [3.8, 4) is 5.75 Å². The maximum Gasteiger partial charge on any atom is 0.316 e. The van der Waals surface area contributed by atoms with Crippen molar-refractivity contribution in [1.29, 1.82) is 0 Å². The van der Waals surface area contributed by atoms with Crippen LogP contribution in [0.5, 0.6) is 5.75 Å². The van der Waals surface area contributed by atoms with E-state index in [0.29, 0.717) is 12.5 Å². The van der Waals surface area contributed by atoms with Crippen LogP contribution in [-0.4, -0.2) is 24.4 Å². The number of hydrogen-bond donors (Lipinski definition) is 0. The van der Waals surface area contributed by atoms with E-state index < -0.39 is 5.37 Å². The molecule has 0 aromatic heterocycles. The lowest BCUT2D eigenvalue weighted by atomic mass is 10.00. The third kappa shape index (κ3) is 3.63. The molecule has 1 aromatic rings. The van der Waals surface area contributed by atoms with Gasteiger partial charge in [-0.15, -0.1) is 0 Å². The van der Waals surface area contributed by atoms with Crippen LogP contribution in [0, 0.1) is 0 Å². The van der Waals surface area contributed by atoms with Crippen molar-refractivity contribution in [3.05, 3.63) is 29.3 Å². The molecule has 4 heteroatoms. The Bertz CT molecular complexity index is 404. The first-order chi connectivity index (χ1) is 7.95. The van der Waals surface area contributed by atoms with E-state index in [9.17, 15) is 4.79 Å². The fourth-order valence-corrected chi connectivity index (χ4v) is 1.66. The summed E-state index contributed by atoms with van der Waals surface area (Å²) < 4.78 is 5.28. The zero-order valence-corrected chi connectivity index (χ0v) is 11.4. The van der Waals surface area contributed by atoms with E-state index in [1.807, 2.05) is 12.1 Å².